The summed E-state index contributed by atoms with van der Waals surface area (Å²) in [5, 5.41) is 6.22. The molecule has 2 amide bonds. The Morgan fingerprint density at radius 1 is 0.935 bits per heavy atom. The summed E-state index contributed by atoms with van der Waals surface area (Å²) in [4.78, 5) is 25.1. The third-order valence-corrected chi connectivity index (χ3v) is 5.19. The van der Waals surface area contributed by atoms with Crippen LogP contribution in [0.25, 0.3) is 0 Å². The second kappa shape index (κ2) is 9.10. The number of rotatable bonds is 5. The van der Waals surface area contributed by atoms with Gasteiger partial charge in [-0.1, -0.05) is 35.9 Å². The number of halogens is 1. The third kappa shape index (κ3) is 4.81. The molecule has 0 bridgehead atoms. The highest BCUT2D eigenvalue weighted by molar-refractivity contribution is 6.32. The van der Waals surface area contributed by atoms with Gasteiger partial charge in [0.1, 0.15) is 13.2 Å². The Kier molecular flexibility index (Phi) is 6.09. The smallest absolute Gasteiger partial charge is 0.255 e. The van der Waals surface area contributed by atoms with E-state index in [1.807, 2.05) is 25.1 Å². The molecule has 1 aliphatic rings. The largest absolute Gasteiger partial charge is 0.486 e. The molecule has 1 heterocycles. The van der Waals surface area contributed by atoms with E-state index in [1.54, 1.807) is 42.5 Å². The van der Waals surface area contributed by atoms with Crippen LogP contribution in [0.5, 0.6) is 11.5 Å². The van der Waals surface area contributed by atoms with Gasteiger partial charge in [0.2, 0.25) is 5.91 Å². The van der Waals surface area contributed by atoms with Crippen molar-refractivity contribution in [2.24, 2.45) is 0 Å². The molecule has 1 aliphatic heterocycles. The third-order valence-electron chi connectivity index (χ3n) is 4.91. The summed E-state index contributed by atoms with van der Waals surface area (Å²) in [7, 11) is 0. The minimum Gasteiger partial charge on any atom is -0.486 e. The summed E-state index contributed by atoms with van der Waals surface area (Å²) in [5.41, 5.74) is 3.30. The van der Waals surface area contributed by atoms with Crippen molar-refractivity contribution >= 4 is 34.8 Å². The highest BCUT2D eigenvalue weighted by Gasteiger charge is 2.18. The number of nitrogens with one attached hydrogen (secondary N) is 2. The van der Waals surface area contributed by atoms with Crippen LogP contribution in [0, 0.1) is 6.92 Å². The van der Waals surface area contributed by atoms with E-state index >= 15 is 0 Å². The molecule has 31 heavy (non-hydrogen) atoms. The van der Waals surface area contributed by atoms with Gasteiger partial charge in [0.25, 0.3) is 5.91 Å². The molecule has 0 unspecified atom stereocenters. The molecule has 3 aromatic carbocycles. The van der Waals surface area contributed by atoms with Gasteiger partial charge in [0.05, 0.1) is 11.4 Å². The Morgan fingerprint density at radius 3 is 2.42 bits per heavy atom. The molecule has 0 radical (unpaired) electrons. The van der Waals surface area contributed by atoms with E-state index < -0.39 is 0 Å². The maximum Gasteiger partial charge on any atom is 0.255 e. The quantitative estimate of drug-likeness (QED) is 0.599. The average molecular weight is 437 g/mol. The van der Waals surface area contributed by atoms with Crippen molar-refractivity contribution in [2.75, 3.05) is 23.8 Å². The number of carbonyl (C=O) groups is 2. The van der Waals surface area contributed by atoms with Gasteiger partial charge in [-0.05, 0) is 54.4 Å². The molecule has 6 nitrogen and oxygen atoms in total. The van der Waals surface area contributed by atoms with E-state index in [4.69, 9.17) is 21.1 Å². The van der Waals surface area contributed by atoms with Crippen molar-refractivity contribution in [3.05, 3.63) is 82.4 Å². The van der Waals surface area contributed by atoms with Crippen LogP contribution in [0.4, 0.5) is 11.4 Å². The predicted octanol–water partition coefficient (Wildman–Crippen LogP) is 4.85. The monoisotopic (exact) mass is 436 g/mol. The second-order valence-corrected chi connectivity index (χ2v) is 7.53. The molecule has 0 aromatic heterocycles. The molecular formula is C24H21ClN2O4. The summed E-state index contributed by atoms with van der Waals surface area (Å²) in [5.74, 6) is 0.638. The number of ether oxygens (including phenoxy) is 2. The van der Waals surface area contributed by atoms with E-state index in [0.29, 0.717) is 46.7 Å². The highest BCUT2D eigenvalue weighted by Crippen LogP contribution is 2.38. The molecule has 0 aliphatic carbocycles. The maximum absolute atomic E-state index is 12.7. The molecule has 0 saturated heterocycles. The fourth-order valence-corrected chi connectivity index (χ4v) is 3.62. The number of hydrogen-bond acceptors (Lipinski definition) is 4. The molecule has 4 rings (SSSR count). The SMILES string of the molecule is Cc1c(NC(=O)Cc2cc(Cl)c3c(c2)OCCO3)cccc1NC(=O)c1ccccc1. The van der Waals surface area contributed by atoms with Gasteiger partial charge in [-0.15, -0.1) is 0 Å². The van der Waals surface area contributed by atoms with Crippen LogP contribution < -0.4 is 20.1 Å². The molecule has 2 N–H and O–H groups in total. The van der Waals surface area contributed by atoms with Crippen molar-refractivity contribution in [3.8, 4) is 11.5 Å². The summed E-state index contributed by atoms with van der Waals surface area (Å²) in [6.45, 7) is 2.74. The van der Waals surface area contributed by atoms with Gasteiger partial charge in [-0.2, -0.15) is 0 Å². The molecule has 0 saturated carbocycles. The summed E-state index contributed by atoms with van der Waals surface area (Å²) in [6.07, 6.45) is 0.121. The van der Waals surface area contributed by atoms with Crippen LogP contribution in [0.3, 0.4) is 0 Å². The number of benzene rings is 3. The number of fused-ring (bicyclic) bond motifs is 1. The lowest BCUT2D eigenvalue weighted by molar-refractivity contribution is -0.115. The van der Waals surface area contributed by atoms with Crippen molar-refractivity contribution in [2.45, 2.75) is 13.3 Å². The molecule has 7 heteroatoms. The van der Waals surface area contributed by atoms with Crippen molar-refractivity contribution in [3.63, 3.8) is 0 Å². The van der Waals surface area contributed by atoms with Crippen molar-refractivity contribution in [1.29, 1.82) is 0 Å². The van der Waals surface area contributed by atoms with Crippen LogP contribution in [0.2, 0.25) is 5.02 Å². The topological polar surface area (TPSA) is 76.7 Å². The van der Waals surface area contributed by atoms with Crippen LogP contribution in [-0.2, 0) is 11.2 Å². The van der Waals surface area contributed by atoms with Crippen LogP contribution in [0.1, 0.15) is 21.5 Å². The standard InChI is InChI=1S/C24H21ClN2O4/c1-15-19(8-5-9-20(15)27-24(29)17-6-3-2-4-7-17)26-22(28)14-16-12-18(25)23-21(13-16)30-10-11-31-23/h2-9,12-13H,10-11,14H2,1H3,(H,26,28)(H,27,29). The lowest BCUT2D eigenvalue weighted by Gasteiger charge is -2.20. The number of amides is 2. The van der Waals surface area contributed by atoms with Crippen LogP contribution in [-0.4, -0.2) is 25.0 Å². The lowest BCUT2D eigenvalue weighted by atomic mass is 10.1. The van der Waals surface area contributed by atoms with Gasteiger partial charge in [-0.3, -0.25) is 9.59 Å². The summed E-state index contributed by atoms with van der Waals surface area (Å²) in [6, 6.07) is 17.8. The van der Waals surface area contributed by atoms with Gasteiger partial charge < -0.3 is 20.1 Å². The Morgan fingerprint density at radius 2 is 1.65 bits per heavy atom. The second-order valence-electron chi connectivity index (χ2n) is 7.13. The van der Waals surface area contributed by atoms with Gasteiger partial charge in [-0.25, -0.2) is 0 Å². The Hall–Kier alpha value is -3.51. The minimum atomic E-state index is -0.210. The normalized spacial score (nSPS) is 12.2. The summed E-state index contributed by atoms with van der Waals surface area (Å²) >= 11 is 6.26. The van der Waals surface area contributed by atoms with E-state index in [9.17, 15) is 9.59 Å². The number of hydrogen-bond donors (Lipinski definition) is 2. The number of anilines is 2. The Labute approximate surface area is 185 Å². The molecular weight excluding hydrogens is 416 g/mol. The molecule has 0 fully saturated rings. The molecule has 0 spiro atoms. The Bertz CT molecular complexity index is 1130. The molecule has 0 atom stereocenters. The minimum absolute atomic E-state index is 0.121. The first-order valence-corrected chi connectivity index (χ1v) is 10.2. The predicted molar refractivity (Wildman–Crippen MR) is 120 cm³/mol. The highest BCUT2D eigenvalue weighted by atomic mass is 35.5. The summed E-state index contributed by atoms with van der Waals surface area (Å²) < 4.78 is 11.1. The maximum atomic E-state index is 12.7. The van der Waals surface area contributed by atoms with Crippen molar-refractivity contribution < 1.29 is 19.1 Å². The zero-order valence-electron chi connectivity index (χ0n) is 16.9. The van der Waals surface area contributed by atoms with Gasteiger partial charge in [0.15, 0.2) is 11.5 Å². The molecule has 158 valence electrons. The van der Waals surface area contributed by atoms with Crippen LogP contribution in [0.15, 0.2) is 60.7 Å². The first-order chi connectivity index (χ1) is 15.0. The van der Waals surface area contributed by atoms with Crippen molar-refractivity contribution in [1.82, 2.24) is 0 Å². The number of carbonyl (C=O) groups excluding carboxylic acids is 2. The fourth-order valence-electron chi connectivity index (χ4n) is 3.34. The van der Waals surface area contributed by atoms with E-state index in [0.717, 1.165) is 11.1 Å². The van der Waals surface area contributed by atoms with Gasteiger partial charge >= 0.3 is 0 Å². The zero-order chi connectivity index (χ0) is 21.8. The van der Waals surface area contributed by atoms with E-state index in [2.05, 4.69) is 10.6 Å². The first kappa shape index (κ1) is 20.8. The van der Waals surface area contributed by atoms with E-state index in [-0.39, 0.29) is 18.2 Å². The lowest BCUT2D eigenvalue weighted by Crippen LogP contribution is -2.18. The average Bonchev–Trinajstić information content (AvgIpc) is 2.77. The van der Waals surface area contributed by atoms with Crippen LogP contribution >= 0.6 is 11.6 Å². The fraction of sp³-hybridized carbons (Fsp3) is 0.167. The Balaban J connectivity index is 1.46. The van der Waals surface area contributed by atoms with Gasteiger partial charge in [0, 0.05) is 16.9 Å². The zero-order valence-corrected chi connectivity index (χ0v) is 17.7. The van der Waals surface area contributed by atoms with E-state index in [1.165, 1.54) is 0 Å². The first-order valence-electron chi connectivity index (χ1n) is 9.85. The molecule has 3 aromatic rings.